The molecule has 0 aliphatic rings. The second kappa shape index (κ2) is 7.45. The molecule has 0 aromatic heterocycles. The molecule has 124 valence electrons. The van der Waals surface area contributed by atoms with Crippen molar-refractivity contribution in [2.75, 3.05) is 0 Å². The summed E-state index contributed by atoms with van der Waals surface area (Å²) < 4.78 is 0. The number of hydrogen-bond donors (Lipinski definition) is 2. The monoisotopic (exact) mass is 331 g/mol. The number of hydrogen-bond acceptors (Lipinski definition) is 2. The SMILES string of the molecule is O=C(NC(C(=O)O)c1ccc(-c2ccccc2)cc1)c1ccccc1. The van der Waals surface area contributed by atoms with Gasteiger partial charge in [0, 0.05) is 5.56 Å². The van der Waals surface area contributed by atoms with Crippen molar-refractivity contribution < 1.29 is 14.7 Å². The number of carbonyl (C=O) groups is 2. The average Bonchev–Trinajstić information content (AvgIpc) is 2.67. The van der Waals surface area contributed by atoms with E-state index in [0.717, 1.165) is 11.1 Å². The summed E-state index contributed by atoms with van der Waals surface area (Å²) in [6, 6.07) is 24.4. The van der Waals surface area contributed by atoms with Gasteiger partial charge in [0.1, 0.15) is 0 Å². The van der Waals surface area contributed by atoms with Crippen molar-refractivity contribution in [3.8, 4) is 11.1 Å². The van der Waals surface area contributed by atoms with Crippen LogP contribution in [0.4, 0.5) is 0 Å². The number of carboxylic acid groups (broad SMARTS) is 1. The van der Waals surface area contributed by atoms with Crippen molar-refractivity contribution in [1.29, 1.82) is 0 Å². The molecule has 0 bridgehead atoms. The standard InChI is InChI=1S/C21H17NO3/c23-20(18-9-5-2-6-10-18)22-19(21(24)25)17-13-11-16(12-14-17)15-7-3-1-4-8-15/h1-14,19H,(H,22,23)(H,24,25). The molecule has 0 aliphatic carbocycles. The summed E-state index contributed by atoms with van der Waals surface area (Å²) in [7, 11) is 0. The summed E-state index contributed by atoms with van der Waals surface area (Å²) in [6.07, 6.45) is 0. The summed E-state index contributed by atoms with van der Waals surface area (Å²) in [5.74, 6) is -1.52. The molecular formula is C21H17NO3. The van der Waals surface area contributed by atoms with Gasteiger partial charge >= 0.3 is 5.97 Å². The van der Waals surface area contributed by atoms with Gasteiger partial charge in [0.2, 0.25) is 0 Å². The van der Waals surface area contributed by atoms with E-state index >= 15 is 0 Å². The summed E-state index contributed by atoms with van der Waals surface area (Å²) in [4.78, 5) is 23.9. The molecule has 3 aromatic carbocycles. The molecule has 0 saturated heterocycles. The first kappa shape index (κ1) is 16.5. The van der Waals surface area contributed by atoms with Gasteiger partial charge in [0.05, 0.1) is 0 Å². The van der Waals surface area contributed by atoms with Crippen LogP contribution in [-0.2, 0) is 4.79 Å². The summed E-state index contributed by atoms with van der Waals surface area (Å²) in [6.45, 7) is 0. The Bertz CT molecular complexity index is 859. The largest absolute Gasteiger partial charge is 0.479 e. The summed E-state index contributed by atoms with van der Waals surface area (Å²) in [5, 5.41) is 12.1. The molecule has 1 unspecified atom stereocenters. The van der Waals surface area contributed by atoms with E-state index in [9.17, 15) is 14.7 Å². The predicted octanol–water partition coefficient (Wildman–Crippen LogP) is 3.91. The van der Waals surface area contributed by atoms with Crippen LogP contribution in [0.2, 0.25) is 0 Å². The number of nitrogens with one attached hydrogen (secondary N) is 1. The third-order valence-electron chi connectivity index (χ3n) is 3.91. The molecule has 0 fully saturated rings. The van der Waals surface area contributed by atoms with Gasteiger partial charge in [0.15, 0.2) is 6.04 Å². The lowest BCUT2D eigenvalue weighted by Crippen LogP contribution is -2.33. The smallest absolute Gasteiger partial charge is 0.330 e. The van der Waals surface area contributed by atoms with Gasteiger partial charge in [-0.25, -0.2) is 4.79 Å². The van der Waals surface area contributed by atoms with Crippen LogP contribution in [-0.4, -0.2) is 17.0 Å². The fourth-order valence-electron chi connectivity index (χ4n) is 2.59. The van der Waals surface area contributed by atoms with Crippen LogP contribution in [0.25, 0.3) is 11.1 Å². The van der Waals surface area contributed by atoms with Crippen LogP contribution in [0, 0.1) is 0 Å². The first-order valence-corrected chi connectivity index (χ1v) is 7.89. The Morgan fingerprint density at radius 3 is 1.80 bits per heavy atom. The highest BCUT2D eigenvalue weighted by atomic mass is 16.4. The molecule has 25 heavy (non-hydrogen) atoms. The Morgan fingerprint density at radius 2 is 1.24 bits per heavy atom. The highest BCUT2D eigenvalue weighted by Crippen LogP contribution is 2.22. The molecule has 0 aliphatic heterocycles. The van der Waals surface area contributed by atoms with Crippen LogP contribution < -0.4 is 5.32 Å². The van der Waals surface area contributed by atoms with Crippen LogP contribution in [0.5, 0.6) is 0 Å². The van der Waals surface area contributed by atoms with E-state index in [1.807, 2.05) is 42.5 Å². The molecule has 4 heteroatoms. The Morgan fingerprint density at radius 1 is 0.720 bits per heavy atom. The van der Waals surface area contributed by atoms with E-state index in [1.54, 1.807) is 42.5 Å². The van der Waals surface area contributed by atoms with Crippen LogP contribution >= 0.6 is 0 Å². The molecule has 0 radical (unpaired) electrons. The maximum atomic E-state index is 12.2. The van der Waals surface area contributed by atoms with Crippen molar-refractivity contribution in [2.24, 2.45) is 0 Å². The molecule has 1 amide bonds. The maximum Gasteiger partial charge on any atom is 0.330 e. The molecule has 3 rings (SSSR count). The summed E-state index contributed by atoms with van der Waals surface area (Å²) in [5.41, 5.74) is 2.99. The van der Waals surface area contributed by atoms with Crippen LogP contribution in [0.3, 0.4) is 0 Å². The molecule has 2 N–H and O–H groups in total. The predicted molar refractivity (Wildman–Crippen MR) is 96.2 cm³/mol. The van der Waals surface area contributed by atoms with E-state index in [2.05, 4.69) is 5.32 Å². The minimum atomic E-state index is -1.10. The average molecular weight is 331 g/mol. The van der Waals surface area contributed by atoms with E-state index < -0.39 is 17.9 Å². The molecule has 4 nitrogen and oxygen atoms in total. The first-order chi connectivity index (χ1) is 12.1. The number of benzene rings is 3. The van der Waals surface area contributed by atoms with Gasteiger partial charge < -0.3 is 10.4 Å². The van der Waals surface area contributed by atoms with Crippen molar-refractivity contribution in [2.45, 2.75) is 6.04 Å². The third-order valence-corrected chi connectivity index (χ3v) is 3.91. The second-order valence-electron chi connectivity index (χ2n) is 5.60. The van der Waals surface area contributed by atoms with Gasteiger partial charge in [0.25, 0.3) is 5.91 Å². The third kappa shape index (κ3) is 3.93. The van der Waals surface area contributed by atoms with Crippen molar-refractivity contribution >= 4 is 11.9 Å². The van der Waals surface area contributed by atoms with Crippen LogP contribution in [0.15, 0.2) is 84.9 Å². The topological polar surface area (TPSA) is 66.4 Å². The van der Waals surface area contributed by atoms with Crippen molar-refractivity contribution in [3.05, 3.63) is 96.1 Å². The van der Waals surface area contributed by atoms with Crippen molar-refractivity contribution in [1.82, 2.24) is 5.32 Å². The highest BCUT2D eigenvalue weighted by molar-refractivity contribution is 5.96. The zero-order valence-corrected chi connectivity index (χ0v) is 13.4. The summed E-state index contributed by atoms with van der Waals surface area (Å²) >= 11 is 0. The second-order valence-corrected chi connectivity index (χ2v) is 5.60. The number of carbonyl (C=O) groups excluding carboxylic acids is 1. The number of aliphatic carboxylic acids is 1. The van der Waals surface area contributed by atoms with E-state index in [0.29, 0.717) is 11.1 Å². The van der Waals surface area contributed by atoms with Gasteiger partial charge in [-0.1, -0.05) is 72.8 Å². The number of carboxylic acids is 1. The van der Waals surface area contributed by atoms with Crippen molar-refractivity contribution in [3.63, 3.8) is 0 Å². The Hall–Kier alpha value is -3.40. The Kier molecular flexibility index (Phi) is 4.90. The van der Waals surface area contributed by atoms with E-state index in [1.165, 1.54) is 0 Å². The molecule has 0 saturated carbocycles. The Labute approximate surface area is 145 Å². The lowest BCUT2D eigenvalue weighted by molar-refractivity contribution is -0.139. The molecule has 0 spiro atoms. The molecule has 0 heterocycles. The van der Waals surface area contributed by atoms with E-state index in [4.69, 9.17) is 0 Å². The number of amides is 1. The highest BCUT2D eigenvalue weighted by Gasteiger charge is 2.22. The fourth-order valence-corrected chi connectivity index (χ4v) is 2.59. The number of rotatable bonds is 5. The normalized spacial score (nSPS) is 11.5. The van der Waals surface area contributed by atoms with Gasteiger partial charge in [-0.15, -0.1) is 0 Å². The minimum Gasteiger partial charge on any atom is -0.479 e. The van der Waals surface area contributed by atoms with Crippen LogP contribution in [0.1, 0.15) is 22.0 Å². The Balaban J connectivity index is 1.81. The molecular weight excluding hydrogens is 314 g/mol. The van der Waals surface area contributed by atoms with Gasteiger partial charge in [-0.2, -0.15) is 0 Å². The molecule has 1 atom stereocenters. The zero-order valence-electron chi connectivity index (χ0n) is 13.4. The minimum absolute atomic E-state index is 0.417. The first-order valence-electron chi connectivity index (χ1n) is 7.89. The maximum absolute atomic E-state index is 12.2. The lowest BCUT2D eigenvalue weighted by Gasteiger charge is -2.15. The van der Waals surface area contributed by atoms with Gasteiger partial charge in [-0.05, 0) is 28.8 Å². The van der Waals surface area contributed by atoms with E-state index in [-0.39, 0.29) is 0 Å². The zero-order chi connectivity index (χ0) is 17.6. The molecule has 3 aromatic rings. The lowest BCUT2D eigenvalue weighted by atomic mass is 10.0. The quantitative estimate of drug-likeness (QED) is 0.745. The fraction of sp³-hybridized carbons (Fsp3) is 0.0476. The van der Waals surface area contributed by atoms with Gasteiger partial charge in [-0.3, -0.25) is 4.79 Å².